The average Bonchev–Trinajstić information content (AvgIpc) is 3.04. The summed E-state index contributed by atoms with van der Waals surface area (Å²) in [4.78, 5) is 11.9. The van der Waals surface area contributed by atoms with Gasteiger partial charge < -0.3 is 10.3 Å². The molecule has 28 heavy (non-hydrogen) atoms. The molecule has 0 radical (unpaired) electrons. The Labute approximate surface area is 168 Å². The highest BCUT2D eigenvalue weighted by atomic mass is 16.1. The standard InChI is InChI=1S/C25H30N2O/c1-3-4-6-9-21-12-14-22(15-13-21)24-18-23(25(26)28)19(2)27(24)17-16-20-10-7-5-8-11-20/h5,7-8,10-15,18H,3-4,6,9,16-17H2,1-2H3,(H2,26,28). The molecule has 1 amide bonds. The highest BCUT2D eigenvalue weighted by Gasteiger charge is 2.16. The summed E-state index contributed by atoms with van der Waals surface area (Å²) in [5.41, 5.74) is 12.0. The number of unbranched alkanes of at least 4 members (excludes halogenated alkanes) is 2. The number of amides is 1. The molecule has 3 rings (SSSR count). The van der Waals surface area contributed by atoms with Crippen LogP contribution >= 0.6 is 0 Å². The number of primary amides is 1. The predicted molar refractivity (Wildman–Crippen MR) is 116 cm³/mol. The molecule has 0 atom stereocenters. The van der Waals surface area contributed by atoms with Gasteiger partial charge in [0.25, 0.3) is 5.91 Å². The van der Waals surface area contributed by atoms with Gasteiger partial charge in [-0.25, -0.2) is 0 Å². The van der Waals surface area contributed by atoms with Crippen LogP contribution in [0.2, 0.25) is 0 Å². The topological polar surface area (TPSA) is 48.0 Å². The maximum absolute atomic E-state index is 11.9. The molecule has 2 aromatic carbocycles. The average molecular weight is 375 g/mol. The van der Waals surface area contributed by atoms with Crippen LogP contribution in [-0.2, 0) is 19.4 Å². The molecule has 0 aliphatic heterocycles. The van der Waals surface area contributed by atoms with Gasteiger partial charge in [-0.05, 0) is 48.9 Å². The van der Waals surface area contributed by atoms with Crippen LogP contribution in [-0.4, -0.2) is 10.5 Å². The third-order valence-corrected chi connectivity index (χ3v) is 5.42. The van der Waals surface area contributed by atoms with Gasteiger partial charge in [0.05, 0.1) is 5.56 Å². The van der Waals surface area contributed by atoms with E-state index in [1.165, 1.54) is 30.4 Å². The van der Waals surface area contributed by atoms with Gasteiger partial charge >= 0.3 is 0 Å². The molecule has 3 heteroatoms. The predicted octanol–water partition coefficient (Wildman–Crippen LogP) is 5.54. The Morgan fingerprint density at radius 2 is 1.61 bits per heavy atom. The van der Waals surface area contributed by atoms with E-state index in [4.69, 9.17) is 5.73 Å². The molecule has 3 nitrogen and oxygen atoms in total. The second kappa shape index (κ2) is 9.41. The molecule has 0 saturated carbocycles. The summed E-state index contributed by atoms with van der Waals surface area (Å²) >= 11 is 0. The Morgan fingerprint density at radius 1 is 0.929 bits per heavy atom. The number of rotatable bonds is 9. The van der Waals surface area contributed by atoms with Gasteiger partial charge in [0.2, 0.25) is 0 Å². The number of hydrogen-bond acceptors (Lipinski definition) is 1. The molecule has 0 saturated heterocycles. The second-order valence-electron chi connectivity index (χ2n) is 7.43. The summed E-state index contributed by atoms with van der Waals surface area (Å²) in [6.45, 7) is 5.02. The van der Waals surface area contributed by atoms with Crippen molar-refractivity contribution in [2.45, 2.75) is 52.5 Å². The fourth-order valence-corrected chi connectivity index (χ4v) is 3.73. The van der Waals surface area contributed by atoms with Gasteiger partial charge in [0.15, 0.2) is 0 Å². The first kappa shape index (κ1) is 19.9. The number of carbonyl (C=O) groups excluding carboxylic acids is 1. The second-order valence-corrected chi connectivity index (χ2v) is 7.43. The molecule has 0 bridgehead atoms. The van der Waals surface area contributed by atoms with Crippen molar-refractivity contribution in [3.8, 4) is 11.3 Å². The zero-order chi connectivity index (χ0) is 19.9. The van der Waals surface area contributed by atoms with Crippen molar-refractivity contribution in [1.29, 1.82) is 0 Å². The minimum absolute atomic E-state index is 0.367. The molecular formula is C25H30N2O. The summed E-state index contributed by atoms with van der Waals surface area (Å²) in [5, 5.41) is 0. The molecule has 3 aromatic rings. The Balaban J connectivity index is 1.86. The Kier molecular flexibility index (Phi) is 6.70. The van der Waals surface area contributed by atoms with E-state index >= 15 is 0 Å². The lowest BCUT2D eigenvalue weighted by Gasteiger charge is -2.13. The highest BCUT2D eigenvalue weighted by molar-refractivity contribution is 5.95. The molecule has 0 fully saturated rings. The third kappa shape index (κ3) is 4.72. The van der Waals surface area contributed by atoms with Crippen LogP contribution < -0.4 is 5.73 Å². The third-order valence-electron chi connectivity index (χ3n) is 5.42. The highest BCUT2D eigenvalue weighted by Crippen LogP contribution is 2.27. The van der Waals surface area contributed by atoms with Gasteiger partial charge in [-0.3, -0.25) is 4.79 Å². The molecule has 1 heterocycles. The SMILES string of the molecule is CCCCCc1ccc(-c2cc(C(N)=O)c(C)n2CCc2ccccc2)cc1. The number of aromatic nitrogens is 1. The van der Waals surface area contributed by atoms with Crippen molar-refractivity contribution in [2.24, 2.45) is 5.73 Å². The summed E-state index contributed by atoms with van der Waals surface area (Å²) in [5.74, 6) is -0.367. The number of hydrogen-bond donors (Lipinski definition) is 1. The van der Waals surface area contributed by atoms with Crippen molar-refractivity contribution < 1.29 is 4.79 Å². The maximum atomic E-state index is 11.9. The summed E-state index contributed by atoms with van der Waals surface area (Å²) in [6, 6.07) is 21.1. The van der Waals surface area contributed by atoms with Crippen LogP contribution in [0.3, 0.4) is 0 Å². The Hall–Kier alpha value is -2.81. The van der Waals surface area contributed by atoms with Crippen molar-refractivity contribution in [3.63, 3.8) is 0 Å². The number of nitrogens with two attached hydrogens (primary N) is 1. The van der Waals surface area contributed by atoms with E-state index in [9.17, 15) is 4.79 Å². The van der Waals surface area contributed by atoms with Gasteiger partial charge in [-0.15, -0.1) is 0 Å². The number of carbonyl (C=O) groups is 1. The van der Waals surface area contributed by atoms with E-state index in [1.807, 2.05) is 19.1 Å². The first-order valence-corrected chi connectivity index (χ1v) is 10.2. The minimum atomic E-state index is -0.367. The molecule has 2 N–H and O–H groups in total. The van der Waals surface area contributed by atoms with Gasteiger partial charge in [0.1, 0.15) is 0 Å². The zero-order valence-corrected chi connectivity index (χ0v) is 16.9. The molecule has 0 unspecified atom stereocenters. The van der Waals surface area contributed by atoms with Crippen LogP contribution in [0.4, 0.5) is 0 Å². The lowest BCUT2D eigenvalue weighted by molar-refractivity contribution is 0.0999. The van der Waals surface area contributed by atoms with Crippen molar-refractivity contribution in [1.82, 2.24) is 4.57 Å². The van der Waals surface area contributed by atoms with Gasteiger partial charge in [-0.2, -0.15) is 0 Å². The van der Waals surface area contributed by atoms with E-state index in [2.05, 4.69) is 60.0 Å². The molecule has 0 aliphatic carbocycles. The molecule has 0 spiro atoms. The van der Waals surface area contributed by atoms with Crippen LogP contribution in [0, 0.1) is 6.92 Å². The monoisotopic (exact) mass is 374 g/mol. The fourth-order valence-electron chi connectivity index (χ4n) is 3.73. The summed E-state index contributed by atoms with van der Waals surface area (Å²) < 4.78 is 2.22. The van der Waals surface area contributed by atoms with Crippen LogP contribution in [0.15, 0.2) is 60.7 Å². The van der Waals surface area contributed by atoms with Crippen molar-refractivity contribution >= 4 is 5.91 Å². The van der Waals surface area contributed by atoms with E-state index in [0.29, 0.717) is 5.56 Å². The van der Waals surface area contributed by atoms with Gasteiger partial charge in [-0.1, -0.05) is 74.4 Å². The van der Waals surface area contributed by atoms with Crippen molar-refractivity contribution in [3.05, 3.63) is 83.0 Å². The first-order chi connectivity index (χ1) is 13.6. The largest absolute Gasteiger partial charge is 0.366 e. The smallest absolute Gasteiger partial charge is 0.250 e. The van der Waals surface area contributed by atoms with E-state index in [-0.39, 0.29) is 5.91 Å². The quantitative estimate of drug-likeness (QED) is 0.491. The van der Waals surface area contributed by atoms with Crippen LogP contribution in [0.5, 0.6) is 0 Å². The summed E-state index contributed by atoms with van der Waals surface area (Å²) in [7, 11) is 0. The van der Waals surface area contributed by atoms with E-state index in [1.54, 1.807) is 0 Å². The fraction of sp³-hybridized carbons (Fsp3) is 0.320. The lowest BCUT2D eigenvalue weighted by Crippen LogP contribution is -2.13. The minimum Gasteiger partial charge on any atom is -0.366 e. The lowest BCUT2D eigenvalue weighted by atomic mass is 10.0. The number of aryl methyl sites for hydroxylation is 2. The maximum Gasteiger partial charge on any atom is 0.250 e. The zero-order valence-electron chi connectivity index (χ0n) is 16.9. The van der Waals surface area contributed by atoms with Crippen LogP contribution in [0.25, 0.3) is 11.3 Å². The molecule has 146 valence electrons. The van der Waals surface area contributed by atoms with Crippen molar-refractivity contribution in [2.75, 3.05) is 0 Å². The summed E-state index contributed by atoms with van der Waals surface area (Å²) in [6.07, 6.45) is 5.77. The van der Waals surface area contributed by atoms with E-state index < -0.39 is 0 Å². The normalized spacial score (nSPS) is 10.9. The molecule has 0 aliphatic rings. The van der Waals surface area contributed by atoms with E-state index in [0.717, 1.165) is 36.3 Å². The number of benzene rings is 2. The van der Waals surface area contributed by atoms with Crippen LogP contribution in [0.1, 0.15) is 53.4 Å². The molecular weight excluding hydrogens is 344 g/mol. The Bertz CT molecular complexity index is 908. The first-order valence-electron chi connectivity index (χ1n) is 10.2. The van der Waals surface area contributed by atoms with Gasteiger partial charge in [0, 0.05) is 17.9 Å². The Morgan fingerprint density at radius 3 is 2.25 bits per heavy atom. The number of nitrogens with zero attached hydrogens (tertiary/aromatic N) is 1. The molecule has 1 aromatic heterocycles.